The Balaban J connectivity index is 1.74. The minimum absolute atomic E-state index is 0.494. The monoisotopic (exact) mass is 245 g/mol. The number of rotatable bonds is 4. The third-order valence-corrected chi connectivity index (χ3v) is 5.08. The van der Waals surface area contributed by atoms with Crippen molar-refractivity contribution in [3.8, 4) is 0 Å². The molecule has 1 fully saturated rings. The van der Waals surface area contributed by atoms with Crippen molar-refractivity contribution < 1.29 is 0 Å². The first-order valence-corrected chi connectivity index (χ1v) is 7.34. The largest absolute Gasteiger partial charge is 0.306 e. The maximum absolute atomic E-state index is 3.74. The van der Waals surface area contributed by atoms with Gasteiger partial charge in [-0.25, -0.2) is 0 Å². The molecule has 3 unspecified atom stereocenters. The highest BCUT2D eigenvalue weighted by molar-refractivity contribution is 7.19. The van der Waals surface area contributed by atoms with Gasteiger partial charge in [0.2, 0.25) is 0 Å². The number of nitrogens with one attached hydrogen (secondary N) is 1. The van der Waals surface area contributed by atoms with Crippen LogP contribution in [0.3, 0.4) is 0 Å². The van der Waals surface area contributed by atoms with Crippen LogP contribution in [0.2, 0.25) is 0 Å². The second-order valence-electron chi connectivity index (χ2n) is 5.09. The predicted molar refractivity (Wildman–Crippen MR) is 75.6 cm³/mol. The minimum Gasteiger partial charge on any atom is -0.306 e. The van der Waals surface area contributed by atoms with E-state index in [1.165, 1.54) is 27.8 Å². The van der Waals surface area contributed by atoms with Crippen molar-refractivity contribution in [1.29, 1.82) is 0 Å². The Labute approximate surface area is 107 Å². The normalized spacial score (nSPS) is 25.1. The molecule has 1 aromatic heterocycles. The number of thiophene rings is 1. The lowest BCUT2D eigenvalue weighted by Crippen LogP contribution is -2.21. The fraction of sp³-hybridized carbons (Fsp3) is 0.467. The van der Waals surface area contributed by atoms with E-state index >= 15 is 0 Å². The van der Waals surface area contributed by atoms with Gasteiger partial charge in [0.05, 0.1) is 0 Å². The van der Waals surface area contributed by atoms with Gasteiger partial charge in [0, 0.05) is 21.7 Å². The molecular weight excluding hydrogens is 226 g/mol. The van der Waals surface area contributed by atoms with Gasteiger partial charge < -0.3 is 5.32 Å². The van der Waals surface area contributed by atoms with E-state index in [-0.39, 0.29) is 0 Å². The number of hydrogen-bond acceptors (Lipinski definition) is 2. The first kappa shape index (κ1) is 11.2. The van der Waals surface area contributed by atoms with Gasteiger partial charge in [0.1, 0.15) is 0 Å². The molecule has 0 spiro atoms. The van der Waals surface area contributed by atoms with E-state index < -0.39 is 0 Å². The molecule has 90 valence electrons. The second-order valence-corrected chi connectivity index (χ2v) is 6.20. The Morgan fingerprint density at radius 3 is 2.94 bits per heavy atom. The quantitative estimate of drug-likeness (QED) is 0.844. The first-order valence-electron chi connectivity index (χ1n) is 6.52. The SMILES string of the molecule is CCC1CC1NC(C)c1cc2ccccc2s1. The summed E-state index contributed by atoms with van der Waals surface area (Å²) in [6.45, 7) is 4.58. The molecule has 2 aromatic rings. The first-order chi connectivity index (χ1) is 8.28. The highest BCUT2D eigenvalue weighted by atomic mass is 32.1. The Morgan fingerprint density at radius 2 is 2.24 bits per heavy atom. The van der Waals surface area contributed by atoms with Crippen LogP contribution < -0.4 is 5.32 Å². The fourth-order valence-corrected chi connectivity index (χ4v) is 3.60. The summed E-state index contributed by atoms with van der Waals surface area (Å²) in [6, 6.07) is 12.2. The van der Waals surface area contributed by atoms with Gasteiger partial charge in [-0.2, -0.15) is 0 Å². The Bertz CT molecular complexity index is 483. The van der Waals surface area contributed by atoms with Crippen LogP contribution in [-0.4, -0.2) is 6.04 Å². The van der Waals surface area contributed by atoms with Crippen molar-refractivity contribution in [3.05, 3.63) is 35.2 Å². The van der Waals surface area contributed by atoms with E-state index in [0.717, 1.165) is 12.0 Å². The van der Waals surface area contributed by atoms with E-state index in [1.54, 1.807) is 0 Å². The predicted octanol–water partition coefficient (Wildman–Crippen LogP) is 4.35. The smallest absolute Gasteiger partial charge is 0.0388 e. The molecule has 0 aliphatic heterocycles. The Kier molecular flexibility index (Phi) is 2.93. The lowest BCUT2D eigenvalue weighted by Gasteiger charge is -2.11. The van der Waals surface area contributed by atoms with Gasteiger partial charge >= 0.3 is 0 Å². The Hall–Kier alpha value is -0.860. The summed E-state index contributed by atoms with van der Waals surface area (Å²) in [6.07, 6.45) is 2.68. The van der Waals surface area contributed by atoms with Crippen molar-refractivity contribution in [2.45, 2.75) is 38.8 Å². The molecule has 1 aromatic carbocycles. The third-order valence-electron chi connectivity index (χ3n) is 3.78. The van der Waals surface area contributed by atoms with Crippen LogP contribution in [-0.2, 0) is 0 Å². The van der Waals surface area contributed by atoms with Gasteiger partial charge in [0.15, 0.2) is 0 Å². The molecule has 1 heterocycles. The van der Waals surface area contributed by atoms with Crippen LogP contribution in [0.5, 0.6) is 0 Å². The maximum Gasteiger partial charge on any atom is 0.0388 e. The Morgan fingerprint density at radius 1 is 1.41 bits per heavy atom. The van der Waals surface area contributed by atoms with E-state index in [0.29, 0.717) is 6.04 Å². The minimum atomic E-state index is 0.494. The highest BCUT2D eigenvalue weighted by Crippen LogP contribution is 2.37. The van der Waals surface area contributed by atoms with Crippen LogP contribution in [0.15, 0.2) is 30.3 Å². The number of fused-ring (bicyclic) bond motifs is 1. The molecular formula is C15H19NS. The molecule has 3 rings (SSSR count). The summed E-state index contributed by atoms with van der Waals surface area (Å²) in [5.41, 5.74) is 0. The molecule has 1 saturated carbocycles. The van der Waals surface area contributed by atoms with Crippen molar-refractivity contribution >= 4 is 21.4 Å². The zero-order valence-corrected chi connectivity index (χ0v) is 11.3. The average Bonchev–Trinajstić information content (AvgIpc) is 2.94. The van der Waals surface area contributed by atoms with Crippen LogP contribution in [0.1, 0.15) is 37.6 Å². The summed E-state index contributed by atoms with van der Waals surface area (Å²) in [7, 11) is 0. The number of hydrogen-bond donors (Lipinski definition) is 1. The molecule has 0 radical (unpaired) electrons. The number of benzene rings is 1. The van der Waals surface area contributed by atoms with E-state index in [1.807, 2.05) is 11.3 Å². The molecule has 1 aliphatic rings. The zero-order chi connectivity index (χ0) is 11.8. The van der Waals surface area contributed by atoms with Gasteiger partial charge in [-0.3, -0.25) is 0 Å². The highest BCUT2D eigenvalue weighted by Gasteiger charge is 2.36. The average molecular weight is 245 g/mol. The van der Waals surface area contributed by atoms with E-state index in [2.05, 4.69) is 49.5 Å². The molecule has 1 aliphatic carbocycles. The maximum atomic E-state index is 3.74. The fourth-order valence-electron chi connectivity index (χ4n) is 2.52. The van der Waals surface area contributed by atoms with Gasteiger partial charge in [0.25, 0.3) is 0 Å². The van der Waals surface area contributed by atoms with E-state index in [4.69, 9.17) is 0 Å². The van der Waals surface area contributed by atoms with Gasteiger partial charge in [-0.05, 0) is 36.8 Å². The van der Waals surface area contributed by atoms with Crippen LogP contribution in [0.4, 0.5) is 0 Å². The summed E-state index contributed by atoms with van der Waals surface area (Å²) in [4.78, 5) is 1.47. The molecule has 0 amide bonds. The molecule has 0 saturated heterocycles. The zero-order valence-electron chi connectivity index (χ0n) is 10.4. The molecule has 17 heavy (non-hydrogen) atoms. The lowest BCUT2D eigenvalue weighted by atomic mass is 10.2. The van der Waals surface area contributed by atoms with E-state index in [9.17, 15) is 0 Å². The third kappa shape index (κ3) is 2.24. The van der Waals surface area contributed by atoms with Gasteiger partial charge in [-0.15, -0.1) is 11.3 Å². The summed E-state index contributed by atoms with van der Waals surface area (Å²) in [5.74, 6) is 0.923. The topological polar surface area (TPSA) is 12.0 Å². The molecule has 0 bridgehead atoms. The molecule has 2 heteroatoms. The van der Waals surface area contributed by atoms with Crippen LogP contribution in [0, 0.1) is 5.92 Å². The van der Waals surface area contributed by atoms with Crippen LogP contribution >= 0.6 is 11.3 Å². The standard InChI is InChI=1S/C15H19NS/c1-3-11-8-13(11)16-10(2)15-9-12-6-4-5-7-14(12)17-15/h4-7,9-11,13,16H,3,8H2,1-2H3. The van der Waals surface area contributed by atoms with Crippen molar-refractivity contribution in [2.24, 2.45) is 5.92 Å². The summed E-state index contributed by atoms with van der Waals surface area (Å²) >= 11 is 1.92. The molecule has 1 nitrogen and oxygen atoms in total. The second kappa shape index (κ2) is 4.43. The summed E-state index contributed by atoms with van der Waals surface area (Å²) < 4.78 is 1.40. The van der Waals surface area contributed by atoms with Crippen LogP contribution in [0.25, 0.3) is 10.1 Å². The van der Waals surface area contributed by atoms with Crippen molar-refractivity contribution in [1.82, 2.24) is 5.32 Å². The van der Waals surface area contributed by atoms with Crippen molar-refractivity contribution in [2.75, 3.05) is 0 Å². The van der Waals surface area contributed by atoms with Crippen molar-refractivity contribution in [3.63, 3.8) is 0 Å². The summed E-state index contributed by atoms with van der Waals surface area (Å²) in [5, 5.41) is 5.12. The molecule has 3 atom stereocenters. The molecule has 1 N–H and O–H groups in total. The van der Waals surface area contributed by atoms with Gasteiger partial charge in [-0.1, -0.05) is 31.5 Å². The lowest BCUT2D eigenvalue weighted by molar-refractivity contribution is 0.545.